The monoisotopic (exact) mass is 330 g/mol. The van der Waals surface area contributed by atoms with Crippen molar-refractivity contribution >= 4 is 5.71 Å². The molecule has 2 rings (SSSR count). The van der Waals surface area contributed by atoms with E-state index in [9.17, 15) is 4.39 Å². The first-order valence-electron chi connectivity index (χ1n) is 7.79. The number of rotatable bonds is 7. The van der Waals surface area contributed by atoms with Crippen LogP contribution in [0, 0.1) is 5.41 Å². The Kier molecular flexibility index (Phi) is 5.84. The van der Waals surface area contributed by atoms with E-state index in [0.29, 0.717) is 5.56 Å². The maximum Gasteiger partial charge on any atom is 0.239 e. The molecular formula is C18H23FN4O. The predicted molar refractivity (Wildman–Crippen MR) is 92.5 cm³/mol. The summed E-state index contributed by atoms with van der Waals surface area (Å²) in [6.07, 6.45) is 3.50. The van der Waals surface area contributed by atoms with E-state index in [1.807, 2.05) is 24.3 Å². The topological polar surface area (TPSA) is 52.3 Å². The minimum atomic E-state index is -1.58. The standard InChI is InChI=1S/C18H23FN4O/c1-5-10-24-22-16(17(19)23-13-20-12-21-23)15-8-6-14(7-9-15)11-18(2,3)4/h5-9,12-13,17H,1,10-11H2,2-4H3. The first-order valence-corrected chi connectivity index (χ1v) is 7.79. The van der Waals surface area contributed by atoms with Crippen LogP contribution in [-0.4, -0.2) is 27.1 Å². The van der Waals surface area contributed by atoms with Crippen LogP contribution in [0.15, 0.2) is 54.7 Å². The van der Waals surface area contributed by atoms with E-state index in [1.54, 1.807) is 6.08 Å². The first kappa shape index (κ1) is 17.8. The summed E-state index contributed by atoms with van der Waals surface area (Å²) in [7, 11) is 0. The second-order valence-corrected chi connectivity index (χ2v) is 6.71. The van der Waals surface area contributed by atoms with Gasteiger partial charge in [-0.25, -0.2) is 14.1 Å². The highest BCUT2D eigenvalue weighted by atomic mass is 19.1. The van der Waals surface area contributed by atoms with Gasteiger partial charge in [-0.2, -0.15) is 5.10 Å². The van der Waals surface area contributed by atoms with Crippen LogP contribution < -0.4 is 0 Å². The zero-order valence-corrected chi connectivity index (χ0v) is 14.3. The fourth-order valence-electron chi connectivity index (χ4n) is 2.26. The van der Waals surface area contributed by atoms with Crippen LogP contribution in [0.25, 0.3) is 0 Å². The highest BCUT2D eigenvalue weighted by molar-refractivity contribution is 6.02. The van der Waals surface area contributed by atoms with Crippen molar-refractivity contribution in [2.75, 3.05) is 6.61 Å². The Morgan fingerprint density at radius 1 is 1.38 bits per heavy atom. The zero-order valence-electron chi connectivity index (χ0n) is 14.3. The molecule has 0 aliphatic heterocycles. The van der Waals surface area contributed by atoms with E-state index in [4.69, 9.17) is 4.84 Å². The number of alkyl halides is 1. The quantitative estimate of drug-likeness (QED) is 0.334. The van der Waals surface area contributed by atoms with Crippen molar-refractivity contribution in [3.63, 3.8) is 0 Å². The summed E-state index contributed by atoms with van der Waals surface area (Å²) < 4.78 is 15.8. The van der Waals surface area contributed by atoms with Gasteiger partial charge in [-0.05, 0) is 17.4 Å². The van der Waals surface area contributed by atoms with Gasteiger partial charge in [0.15, 0.2) is 0 Å². The van der Waals surface area contributed by atoms with Gasteiger partial charge in [0.25, 0.3) is 0 Å². The molecule has 0 saturated carbocycles. The third-order valence-electron chi connectivity index (χ3n) is 3.23. The molecule has 1 aromatic carbocycles. The molecule has 1 aromatic heterocycles. The molecule has 24 heavy (non-hydrogen) atoms. The Labute approximate surface area is 141 Å². The maximum atomic E-state index is 14.7. The van der Waals surface area contributed by atoms with E-state index in [0.717, 1.165) is 11.1 Å². The van der Waals surface area contributed by atoms with Gasteiger partial charge < -0.3 is 4.84 Å². The molecular weight excluding hydrogens is 307 g/mol. The number of hydrogen-bond donors (Lipinski definition) is 0. The van der Waals surface area contributed by atoms with Crippen LogP contribution in [0.1, 0.15) is 38.2 Å². The first-order chi connectivity index (χ1) is 11.4. The highest BCUT2D eigenvalue weighted by Gasteiger charge is 2.21. The predicted octanol–water partition coefficient (Wildman–Crippen LogP) is 3.94. The fourth-order valence-corrected chi connectivity index (χ4v) is 2.26. The van der Waals surface area contributed by atoms with Crippen molar-refractivity contribution in [1.29, 1.82) is 0 Å². The summed E-state index contributed by atoms with van der Waals surface area (Å²) in [5.74, 6) is 0. The maximum absolute atomic E-state index is 14.7. The lowest BCUT2D eigenvalue weighted by molar-refractivity contribution is 0.168. The highest BCUT2D eigenvalue weighted by Crippen LogP contribution is 2.22. The van der Waals surface area contributed by atoms with E-state index in [2.05, 4.69) is 42.6 Å². The molecule has 0 amide bonds. The molecule has 1 atom stereocenters. The lowest BCUT2D eigenvalue weighted by Crippen LogP contribution is -2.18. The summed E-state index contributed by atoms with van der Waals surface area (Å²) in [5.41, 5.74) is 2.16. The van der Waals surface area contributed by atoms with Crippen molar-refractivity contribution in [3.05, 3.63) is 60.7 Å². The Morgan fingerprint density at radius 2 is 2.08 bits per heavy atom. The molecule has 0 aliphatic carbocycles. The number of halogens is 1. The molecule has 1 unspecified atom stereocenters. The lowest BCUT2D eigenvalue weighted by atomic mass is 9.88. The van der Waals surface area contributed by atoms with Gasteiger partial charge in [-0.1, -0.05) is 62.8 Å². The Bertz CT molecular complexity index is 672. The third-order valence-corrected chi connectivity index (χ3v) is 3.23. The molecule has 128 valence electrons. The van der Waals surface area contributed by atoms with Gasteiger partial charge in [-0.15, -0.1) is 0 Å². The molecule has 5 nitrogen and oxygen atoms in total. The average molecular weight is 330 g/mol. The van der Waals surface area contributed by atoms with Crippen LogP contribution in [0.5, 0.6) is 0 Å². The number of aromatic nitrogens is 3. The van der Waals surface area contributed by atoms with Crippen molar-refractivity contribution in [2.24, 2.45) is 10.6 Å². The Balaban J connectivity index is 2.26. The molecule has 0 fully saturated rings. The SMILES string of the molecule is C=CCON=C(c1ccc(CC(C)(C)C)cc1)C(F)n1cncn1. The number of benzene rings is 1. The average Bonchev–Trinajstić information content (AvgIpc) is 3.05. The molecule has 0 aliphatic rings. The summed E-state index contributed by atoms with van der Waals surface area (Å²) in [6, 6.07) is 7.66. The summed E-state index contributed by atoms with van der Waals surface area (Å²) in [5, 5.41) is 7.76. The second kappa shape index (κ2) is 7.86. The van der Waals surface area contributed by atoms with E-state index in [1.165, 1.54) is 18.2 Å². The summed E-state index contributed by atoms with van der Waals surface area (Å²) in [4.78, 5) is 8.87. The van der Waals surface area contributed by atoms with E-state index < -0.39 is 6.30 Å². The normalized spacial score (nSPS) is 13.6. The lowest BCUT2D eigenvalue weighted by Gasteiger charge is -2.18. The number of hydrogen-bond acceptors (Lipinski definition) is 4. The molecule has 0 N–H and O–H groups in total. The largest absolute Gasteiger partial charge is 0.391 e. The number of nitrogens with zero attached hydrogens (tertiary/aromatic N) is 4. The molecule has 2 aromatic rings. The smallest absolute Gasteiger partial charge is 0.239 e. The Morgan fingerprint density at radius 3 is 2.62 bits per heavy atom. The van der Waals surface area contributed by atoms with Crippen LogP contribution in [0.4, 0.5) is 4.39 Å². The zero-order chi connectivity index (χ0) is 17.6. The molecule has 0 bridgehead atoms. The van der Waals surface area contributed by atoms with Crippen LogP contribution in [-0.2, 0) is 11.3 Å². The minimum Gasteiger partial charge on any atom is -0.391 e. The summed E-state index contributed by atoms with van der Waals surface area (Å²) in [6.45, 7) is 10.3. The van der Waals surface area contributed by atoms with Gasteiger partial charge in [-0.3, -0.25) is 0 Å². The van der Waals surface area contributed by atoms with Gasteiger partial charge in [0.05, 0.1) is 0 Å². The molecule has 0 spiro atoms. The van der Waals surface area contributed by atoms with Crippen molar-refractivity contribution in [2.45, 2.75) is 33.5 Å². The minimum absolute atomic E-state index is 0.143. The van der Waals surface area contributed by atoms with Crippen molar-refractivity contribution in [1.82, 2.24) is 14.8 Å². The Hall–Kier alpha value is -2.50. The van der Waals surface area contributed by atoms with Crippen LogP contribution in [0.3, 0.4) is 0 Å². The second-order valence-electron chi connectivity index (χ2n) is 6.71. The summed E-state index contributed by atoms with van der Waals surface area (Å²) >= 11 is 0. The van der Waals surface area contributed by atoms with Gasteiger partial charge in [0.2, 0.25) is 6.30 Å². The van der Waals surface area contributed by atoms with Gasteiger partial charge in [0, 0.05) is 5.56 Å². The van der Waals surface area contributed by atoms with Crippen molar-refractivity contribution in [3.8, 4) is 0 Å². The van der Waals surface area contributed by atoms with E-state index >= 15 is 0 Å². The molecule has 0 saturated heterocycles. The third kappa shape index (κ3) is 5.01. The van der Waals surface area contributed by atoms with Gasteiger partial charge in [0.1, 0.15) is 25.0 Å². The molecule has 1 heterocycles. The molecule has 0 radical (unpaired) electrons. The fraction of sp³-hybridized carbons (Fsp3) is 0.389. The van der Waals surface area contributed by atoms with E-state index in [-0.39, 0.29) is 17.7 Å². The van der Waals surface area contributed by atoms with Crippen LogP contribution >= 0.6 is 0 Å². The molecule has 6 heteroatoms. The van der Waals surface area contributed by atoms with Gasteiger partial charge >= 0.3 is 0 Å². The van der Waals surface area contributed by atoms with Crippen LogP contribution in [0.2, 0.25) is 0 Å². The number of oxime groups is 1. The van der Waals surface area contributed by atoms with Crippen molar-refractivity contribution < 1.29 is 9.23 Å².